The van der Waals surface area contributed by atoms with Crippen molar-refractivity contribution in [3.05, 3.63) is 27.4 Å². The molecule has 1 fully saturated rings. The minimum Gasteiger partial charge on any atom is -0.354 e. The number of carbonyl (C=O) groups is 1. The van der Waals surface area contributed by atoms with Crippen LogP contribution >= 0.6 is 0 Å². The highest BCUT2D eigenvalue weighted by molar-refractivity contribution is 7.89. The van der Waals surface area contributed by atoms with Gasteiger partial charge in [0.05, 0.1) is 17.4 Å². The van der Waals surface area contributed by atoms with Crippen molar-refractivity contribution >= 4 is 15.9 Å². The quantitative estimate of drug-likeness (QED) is 0.641. The fourth-order valence-corrected chi connectivity index (χ4v) is 4.39. The van der Waals surface area contributed by atoms with E-state index in [9.17, 15) is 18.0 Å². The van der Waals surface area contributed by atoms with Gasteiger partial charge in [0.1, 0.15) is 5.82 Å². The normalized spacial score (nSPS) is 16.5. The highest BCUT2D eigenvalue weighted by Crippen LogP contribution is 2.12. The first-order valence-electron chi connectivity index (χ1n) is 9.55. The summed E-state index contributed by atoms with van der Waals surface area (Å²) in [6.45, 7) is 10.2. The van der Waals surface area contributed by atoms with E-state index in [0.29, 0.717) is 56.4 Å². The molecule has 0 atom stereocenters. The van der Waals surface area contributed by atoms with E-state index in [1.807, 2.05) is 0 Å². The second-order valence-corrected chi connectivity index (χ2v) is 9.95. The molecule has 0 saturated carbocycles. The first-order valence-corrected chi connectivity index (χ1v) is 11.1. The van der Waals surface area contributed by atoms with Crippen LogP contribution in [-0.4, -0.2) is 77.6 Å². The third-order valence-corrected chi connectivity index (χ3v) is 7.48. The smallest absolute Gasteiger partial charge is 0.256 e. The van der Waals surface area contributed by atoms with Crippen LogP contribution in [0.1, 0.15) is 30.9 Å². The number of aryl methyl sites for hydroxylation is 1. The van der Waals surface area contributed by atoms with Gasteiger partial charge in [0.25, 0.3) is 5.56 Å². The van der Waals surface area contributed by atoms with Gasteiger partial charge >= 0.3 is 0 Å². The monoisotopic (exact) mass is 413 g/mol. The maximum Gasteiger partial charge on any atom is 0.256 e. The molecule has 1 N–H and O–H groups in total. The number of hydrogen-bond acceptors (Lipinski definition) is 6. The Morgan fingerprint density at radius 2 is 1.79 bits per heavy atom. The number of nitrogens with zero attached hydrogens (tertiary/aromatic N) is 4. The number of aromatic nitrogens is 2. The van der Waals surface area contributed by atoms with Crippen molar-refractivity contribution in [1.82, 2.24) is 24.1 Å². The van der Waals surface area contributed by atoms with Crippen LogP contribution in [0.2, 0.25) is 0 Å². The zero-order chi connectivity index (χ0) is 21.1. The van der Waals surface area contributed by atoms with Crippen LogP contribution in [0.5, 0.6) is 0 Å². The highest BCUT2D eigenvalue weighted by atomic mass is 32.2. The Kier molecular flexibility index (Phi) is 7.35. The molecular weight excluding hydrogens is 382 g/mol. The first-order chi connectivity index (χ1) is 13.0. The summed E-state index contributed by atoms with van der Waals surface area (Å²) in [5.74, 6) is 0.400. The van der Waals surface area contributed by atoms with E-state index in [1.165, 1.54) is 4.57 Å². The first kappa shape index (κ1) is 22.5. The van der Waals surface area contributed by atoms with Crippen molar-refractivity contribution in [3.8, 4) is 0 Å². The third-order valence-electron chi connectivity index (χ3n) is 5.21. The predicted molar refractivity (Wildman–Crippen MR) is 108 cm³/mol. The number of nitrogens with one attached hydrogen (secondary N) is 1. The van der Waals surface area contributed by atoms with E-state index in [2.05, 4.69) is 15.2 Å². The zero-order valence-electron chi connectivity index (χ0n) is 17.4. The molecule has 0 aromatic carbocycles. The molecule has 1 amide bonds. The van der Waals surface area contributed by atoms with E-state index >= 15 is 0 Å². The fourth-order valence-electron chi connectivity index (χ4n) is 3.12. The third kappa shape index (κ3) is 5.18. The maximum absolute atomic E-state index is 12.2. The van der Waals surface area contributed by atoms with Crippen LogP contribution in [0.15, 0.2) is 4.79 Å². The molecule has 9 nitrogen and oxygen atoms in total. The van der Waals surface area contributed by atoms with Crippen molar-refractivity contribution in [2.75, 3.05) is 39.3 Å². The molecule has 0 radical (unpaired) electrons. The average molecular weight is 414 g/mol. The number of rotatable bonds is 7. The summed E-state index contributed by atoms with van der Waals surface area (Å²) in [6, 6.07) is 0. The van der Waals surface area contributed by atoms with Crippen molar-refractivity contribution in [2.24, 2.45) is 7.05 Å². The van der Waals surface area contributed by atoms with Gasteiger partial charge in [-0.25, -0.2) is 13.4 Å². The van der Waals surface area contributed by atoms with Gasteiger partial charge in [-0.3, -0.25) is 19.1 Å². The molecule has 28 heavy (non-hydrogen) atoms. The van der Waals surface area contributed by atoms with Crippen molar-refractivity contribution in [1.29, 1.82) is 0 Å². The van der Waals surface area contributed by atoms with Crippen LogP contribution < -0.4 is 10.9 Å². The Hall–Kier alpha value is -1.78. The minimum absolute atomic E-state index is 0.0726. The Bertz CT molecular complexity index is 871. The van der Waals surface area contributed by atoms with Crippen LogP contribution in [0.4, 0.5) is 0 Å². The molecule has 158 valence electrons. The average Bonchev–Trinajstić information content (AvgIpc) is 2.64. The van der Waals surface area contributed by atoms with E-state index < -0.39 is 15.3 Å². The molecule has 1 aromatic rings. The number of amides is 1. The van der Waals surface area contributed by atoms with E-state index in [-0.39, 0.29) is 17.9 Å². The van der Waals surface area contributed by atoms with Gasteiger partial charge in [0, 0.05) is 51.9 Å². The Balaban J connectivity index is 1.79. The molecule has 10 heteroatoms. The second-order valence-electron chi connectivity index (χ2n) is 7.46. The van der Waals surface area contributed by atoms with Crippen LogP contribution in [0.3, 0.4) is 0 Å². The molecule has 2 heterocycles. The summed E-state index contributed by atoms with van der Waals surface area (Å²) >= 11 is 0. The summed E-state index contributed by atoms with van der Waals surface area (Å²) in [4.78, 5) is 30.8. The van der Waals surface area contributed by atoms with Crippen LogP contribution in [0, 0.1) is 13.8 Å². The molecule has 2 rings (SSSR count). The van der Waals surface area contributed by atoms with Gasteiger partial charge in [0.2, 0.25) is 15.9 Å². The molecule has 1 aromatic heterocycles. The molecule has 1 aliphatic heterocycles. The Morgan fingerprint density at radius 1 is 1.18 bits per heavy atom. The minimum atomic E-state index is -3.20. The number of carbonyl (C=O) groups excluding carboxylic acids is 1. The number of piperazine rings is 1. The molecule has 0 bridgehead atoms. The van der Waals surface area contributed by atoms with E-state index in [0.717, 1.165) is 0 Å². The lowest BCUT2D eigenvalue weighted by Crippen LogP contribution is -2.51. The van der Waals surface area contributed by atoms with Gasteiger partial charge in [0.15, 0.2) is 0 Å². The largest absolute Gasteiger partial charge is 0.354 e. The van der Waals surface area contributed by atoms with Gasteiger partial charge in [-0.05, 0) is 27.7 Å². The Morgan fingerprint density at radius 3 is 2.36 bits per heavy atom. The maximum atomic E-state index is 12.2. The van der Waals surface area contributed by atoms with Gasteiger partial charge < -0.3 is 5.32 Å². The van der Waals surface area contributed by atoms with Crippen molar-refractivity contribution in [2.45, 2.75) is 39.4 Å². The van der Waals surface area contributed by atoms with Gasteiger partial charge in [-0.15, -0.1) is 0 Å². The molecular formula is C18H31N5O4S. The van der Waals surface area contributed by atoms with Crippen LogP contribution in [-0.2, 0) is 28.3 Å². The Labute approximate surface area is 166 Å². The summed E-state index contributed by atoms with van der Waals surface area (Å²) in [5.41, 5.74) is 0.862. The van der Waals surface area contributed by atoms with Crippen LogP contribution in [0.25, 0.3) is 0 Å². The fraction of sp³-hybridized carbons (Fsp3) is 0.722. The molecule has 1 aliphatic rings. The van der Waals surface area contributed by atoms with E-state index in [1.54, 1.807) is 39.0 Å². The second kappa shape index (κ2) is 9.15. The molecule has 0 aliphatic carbocycles. The zero-order valence-corrected chi connectivity index (χ0v) is 18.2. The number of sulfonamides is 1. The summed E-state index contributed by atoms with van der Waals surface area (Å²) in [5, 5.41) is 2.45. The van der Waals surface area contributed by atoms with E-state index in [4.69, 9.17) is 0 Å². The summed E-state index contributed by atoms with van der Waals surface area (Å²) < 4.78 is 27.4. The predicted octanol–water partition coefficient (Wildman–Crippen LogP) is -0.588. The number of hydrogen-bond donors (Lipinski definition) is 1. The van der Waals surface area contributed by atoms with Crippen molar-refractivity contribution in [3.63, 3.8) is 0 Å². The standard InChI is InChI=1S/C18H31N5O4S/c1-13(2)28(26,27)23-10-8-22(9-11-23)7-6-19-17(24)12-16-14(3)18(25)21(5)15(4)20-16/h13H,6-12H2,1-5H3,(H,19,24). The van der Waals surface area contributed by atoms with Gasteiger partial charge in [-0.1, -0.05) is 0 Å². The summed E-state index contributed by atoms with van der Waals surface area (Å²) in [6.07, 6.45) is 0.0726. The molecule has 1 saturated heterocycles. The SMILES string of the molecule is Cc1c(CC(=O)NCCN2CCN(S(=O)(=O)C(C)C)CC2)nc(C)n(C)c1=O. The summed E-state index contributed by atoms with van der Waals surface area (Å²) in [7, 11) is -1.54. The highest BCUT2D eigenvalue weighted by Gasteiger charge is 2.29. The molecule has 0 spiro atoms. The van der Waals surface area contributed by atoms with Gasteiger partial charge in [-0.2, -0.15) is 4.31 Å². The van der Waals surface area contributed by atoms with Crippen molar-refractivity contribution < 1.29 is 13.2 Å². The topological polar surface area (TPSA) is 105 Å². The lowest BCUT2D eigenvalue weighted by atomic mass is 10.2. The molecule has 0 unspecified atom stereocenters. The lowest BCUT2D eigenvalue weighted by Gasteiger charge is -2.34. The lowest BCUT2D eigenvalue weighted by molar-refractivity contribution is -0.120.